The van der Waals surface area contributed by atoms with E-state index >= 15 is 0 Å². The minimum absolute atomic E-state index is 0.146. The maximum Gasteiger partial charge on any atom is 0.322 e. The second-order valence-corrected chi connectivity index (χ2v) is 6.97. The molecule has 0 radical (unpaired) electrons. The van der Waals surface area contributed by atoms with Gasteiger partial charge in [0.2, 0.25) is 0 Å². The molecule has 2 heterocycles. The highest BCUT2D eigenvalue weighted by atomic mass is 35.5. The van der Waals surface area contributed by atoms with Crippen molar-refractivity contribution in [1.82, 2.24) is 14.9 Å². The number of likely N-dealkylation sites (tertiary alicyclic amines) is 1. The maximum absolute atomic E-state index is 12.7. The molecule has 2 amide bonds. The fourth-order valence-corrected chi connectivity index (χ4v) is 3.26. The van der Waals surface area contributed by atoms with E-state index < -0.39 is 0 Å². The van der Waals surface area contributed by atoms with E-state index in [0.717, 1.165) is 24.2 Å². The topological polar surface area (TPSA) is 76.6 Å². The lowest BCUT2D eigenvalue weighted by molar-refractivity contribution is 0.0980. The van der Waals surface area contributed by atoms with E-state index in [4.69, 9.17) is 21.1 Å². The Bertz CT molecular complexity index is 810. The van der Waals surface area contributed by atoms with E-state index in [9.17, 15) is 4.79 Å². The first-order valence-corrected chi connectivity index (χ1v) is 9.21. The monoisotopic (exact) mass is 390 g/mol. The molecule has 0 bridgehead atoms. The number of carbonyl (C=O) groups excluding carboxylic acids is 1. The van der Waals surface area contributed by atoms with Crippen LogP contribution in [-0.2, 0) is 0 Å². The number of ether oxygens (including phenoxy) is 2. The van der Waals surface area contributed by atoms with Gasteiger partial charge in [0.1, 0.15) is 11.9 Å². The van der Waals surface area contributed by atoms with Gasteiger partial charge in [0.05, 0.1) is 19.3 Å². The van der Waals surface area contributed by atoms with Gasteiger partial charge in [-0.2, -0.15) is 0 Å². The number of urea groups is 1. The lowest BCUT2D eigenvalue weighted by Crippen LogP contribution is -2.46. The second kappa shape index (κ2) is 8.43. The molecule has 3 rings (SSSR count). The first-order valence-electron chi connectivity index (χ1n) is 8.83. The number of aromatic nitrogens is 2. The Morgan fingerprint density at radius 1 is 1.26 bits per heavy atom. The summed E-state index contributed by atoms with van der Waals surface area (Å²) in [5, 5.41) is 3.39. The summed E-state index contributed by atoms with van der Waals surface area (Å²) in [7, 11) is 1.55. The van der Waals surface area contributed by atoms with Crippen LogP contribution in [0.1, 0.15) is 24.2 Å². The van der Waals surface area contributed by atoms with Crippen LogP contribution in [0.4, 0.5) is 10.5 Å². The number of aryl methyl sites for hydroxylation is 2. The zero-order valence-corrected chi connectivity index (χ0v) is 16.4. The van der Waals surface area contributed by atoms with Gasteiger partial charge in [0, 0.05) is 23.0 Å². The largest absolute Gasteiger partial charge is 0.495 e. The van der Waals surface area contributed by atoms with Crippen molar-refractivity contribution in [1.29, 1.82) is 0 Å². The summed E-state index contributed by atoms with van der Waals surface area (Å²) in [4.78, 5) is 23.0. The molecular weight excluding hydrogens is 368 g/mol. The summed E-state index contributed by atoms with van der Waals surface area (Å²) in [6.45, 7) is 4.93. The highest BCUT2D eigenvalue weighted by Gasteiger charge is 2.26. The summed E-state index contributed by atoms with van der Waals surface area (Å²) in [6.07, 6.45) is 1.54. The van der Waals surface area contributed by atoms with Gasteiger partial charge >= 0.3 is 12.0 Å². The van der Waals surface area contributed by atoms with E-state index in [-0.39, 0.29) is 12.1 Å². The molecule has 0 aliphatic carbocycles. The highest BCUT2D eigenvalue weighted by molar-refractivity contribution is 6.31. The molecule has 27 heavy (non-hydrogen) atoms. The molecule has 0 saturated carbocycles. The molecule has 8 heteroatoms. The SMILES string of the molecule is COc1ccc(Cl)cc1NC(=O)N1CCC[C@H](Oc2nc(C)cc(C)n2)C1. The smallest absolute Gasteiger partial charge is 0.322 e. The third-order valence-corrected chi connectivity index (χ3v) is 4.54. The molecule has 1 fully saturated rings. The molecule has 1 aliphatic rings. The number of methoxy groups -OCH3 is 1. The number of anilines is 1. The van der Waals surface area contributed by atoms with Gasteiger partial charge < -0.3 is 19.7 Å². The van der Waals surface area contributed by atoms with Crippen molar-refractivity contribution < 1.29 is 14.3 Å². The Morgan fingerprint density at radius 2 is 2.00 bits per heavy atom. The first-order chi connectivity index (χ1) is 12.9. The predicted octanol–water partition coefficient (Wildman–Crippen LogP) is 3.83. The van der Waals surface area contributed by atoms with Crippen molar-refractivity contribution in [3.8, 4) is 11.8 Å². The minimum atomic E-state index is -0.217. The van der Waals surface area contributed by atoms with Crippen LogP contribution in [0.5, 0.6) is 11.8 Å². The van der Waals surface area contributed by atoms with Crippen LogP contribution in [0.3, 0.4) is 0 Å². The van der Waals surface area contributed by atoms with E-state index in [1.165, 1.54) is 0 Å². The van der Waals surface area contributed by atoms with E-state index in [2.05, 4.69) is 15.3 Å². The molecule has 0 spiro atoms. The van der Waals surface area contributed by atoms with E-state index in [1.54, 1.807) is 30.2 Å². The molecule has 1 N–H and O–H groups in total. The number of hydrogen-bond donors (Lipinski definition) is 1. The summed E-state index contributed by atoms with van der Waals surface area (Å²) < 4.78 is 11.2. The zero-order valence-electron chi connectivity index (χ0n) is 15.7. The van der Waals surface area contributed by atoms with Crippen LogP contribution >= 0.6 is 11.6 Å². The molecular formula is C19H23ClN4O3. The number of nitrogens with one attached hydrogen (secondary N) is 1. The third kappa shape index (κ3) is 5.01. The van der Waals surface area contributed by atoms with Crippen LogP contribution in [0.25, 0.3) is 0 Å². The minimum Gasteiger partial charge on any atom is -0.495 e. The van der Waals surface area contributed by atoms with Crippen molar-refractivity contribution in [2.24, 2.45) is 0 Å². The molecule has 1 atom stereocenters. The summed E-state index contributed by atoms with van der Waals surface area (Å²) in [5.74, 6) is 0.557. The van der Waals surface area contributed by atoms with Crippen molar-refractivity contribution in [2.45, 2.75) is 32.8 Å². The molecule has 2 aromatic rings. The maximum atomic E-state index is 12.7. The quantitative estimate of drug-likeness (QED) is 0.858. The highest BCUT2D eigenvalue weighted by Crippen LogP contribution is 2.28. The fraction of sp³-hybridized carbons (Fsp3) is 0.421. The molecule has 1 aromatic heterocycles. The molecule has 0 unspecified atom stereocenters. The predicted molar refractivity (Wildman–Crippen MR) is 104 cm³/mol. The van der Waals surface area contributed by atoms with Gasteiger partial charge in [-0.25, -0.2) is 14.8 Å². The second-order valence-electron chi connectivity index (χ2n) is 6.54. The number of halogens is 1. The van der Waals surface area contributed by atoms with Crippen molar-refractivity contribution in [3.63, 3.8) is 0 Å². The lowest BCUT2D eigenvalue weighted by Gasteiger charge is -2.32. The van der Waals surface area contributed by atoms with Crippen LogP contribution < -0.4 is 14.8 Å². The number of hydrogen-bond acceptors (Lipinski definition) is 5. The van der Waals surface area contributed by atoms with Gasteiger partial charge in [-0.1, -0.05) is 11.6 Å². The number of amides is 2. The fourth-order valence-electron chi connectivity index (χ4n) is 3.09. The number of nitrogens with zero attached hydrogens (tertiary/aromatic N) is 3. The van der Waals surface area contributed by atoms with Crippen LogP contribution in [0.15, 0.2) is 24.3 Å². The van der Waals surface area contributed by atoms with Crippen LogP contribution in [0.2, 0.25) is 5.02 Å². The van der Waals surface area contributed by atoms with Crippen molar-refractivity contribution in [3.05, 3.63) is 40.7 Å². The Morgan fingerprint density at radius 3 is 2.70 bits per heavy atom. The number of carbonyl (C=O) groups is 1. The number of rotatable bonds is 4. The number of benzene rings is 1. The first kappa shape index (κ1) is 19.2. The molecule has 144 valence electrons. The van der Waals surface area contributed by atoms with Crippen molar-refractivity contribution >= 4 is 23.3 Å². The van der Waals surface area contributed by atoms with Crippen molar-refractivity contribution in [2.75, 3.05) is 25.5 Å². The zero-order chi connectivity index (χ0) is 19.4. The average molecular weight is 391 g/mol. The average Bonchev–Trinajstić information content (AvgIpc) is 2.61. The van der Waals surface area contributed by atoms with Gasteiger partial charge in [0.25, 0.3) is 0 Å². The van der Waals surface area contributed by atoms with Gasteiger partial charge in [0.15, 0.2) is 0 Å². The van der Waals surface area contributed by atoms with Crippen LogP contribution in [-0.4, -0.2) is 47.2 Å². The summed E-state index contributed by atoms with van der Waals surface area (Å²) >= 11 is 6.03. The Kier molecular flexibility index (Phi) is 6.01. The molecule has 1 aliphatic heterocycles. The van der Waals surface area contributed by atoms with Crippen LogP contribution in [0, 0.1) is 13.8 Å². The third-order valence-electron chi connectivity index (χ3n) is 4.30. The van der Waals surface area contributed by atoms with Gasteiger partial charge in [-0.05, 0) is 51.0 Å². The molecule has 1 saturated heterocycles. The van der Waals surface area contributed by atoms with Gasteiger partial charge in [-0.3, -0.25) is 0 Å². The Balaban J connectivity index is 1.65. The van der Waals surface area contributed by atoms with E-state index in [0.29, 0.717) is 35.6 Å². The summed E-state index contributed by atoms with van der Waals surface area (Å²) in [5.41, 5.74) is 2.25. The lowest BCUT2D eigenvalue weighted by atomic mass is 10.1. The Labute approximate surface area is 163 Å². The van der Waals surface area contributed by atoms with E-state index in [1.807, 2.05) is 19.9 Å². The Hall–Kier alpha value is -2.54. The summed E-state index contributed by atoms with van der Waals surface area (Å²) in [6, 6.07) is 7.13. The molecule has 7 nitrogen and oxygen atoms in total. The molecule has 1 aromatic carbocycles. The van der Waals surface area contributed by atoms with Gasteiger partial charge in [-0.15, -0.1) is 0 Å². The number of piperidine rings is 1. The normalized spacial score (nSPS) is 16.7. The standard InChI is InChI=1S/C19H23ClN4O3/c1-12-9-13(2)22-18(21-12)27-15-5-4-8-24(11-15)19(25)23-16-10-14(20)6-7-17(16)26-3/h6-7,9-10,15H,4-5,8,11H2,1-3H3,(H,23,25)/t15-/m0/s1.